The van der Waals surface area contributed by atoms with Gasteiger partial charge in [0.2, 0.25) is 5.91 Å². The van der Waals surface area contributed by atoms with E-state index >= 15 is 0 Å². The van der Waals surface area contributed by atoms with Gasteiger partial charge in [-0.15, -0.1) is 12.4 Å². The Labute approximate surface area is 138 Å². The highest BCUT2D eigenvalue weighted by atomic mass is 35.5. The van der Waals surface area contributed by atoms with Crippen LogP contribution in [0.25, 0.3) is 0 Å². The summed E-state index contributed by atoms with van der Waals surface area (Å²) in [5, 5.41) is 2.91. The zero-order valence-electron chi connectivity index (χ0n) is 13.0. The first kappa shape index (κ1) is 18.9. The number of rotatable bonds is 6. The minimum atomic E-state index is 0. The van der Waals surface area contributed by atoms with Gasteiger partial charge in [0.15, 0.2) is 0 Å². The summed E-state index contributed by atoms with van der Waals surface area (Å²) in [6.07, 6.45) is 2.75. The minimum absolute atomic E-state index is 0. The number of nitrogens with zero attached hydrogens (tertiary/aromatic N) is 1. The van der Waals surface area contributed by atoms with Gasteiger partial charge in [-0.2, -0.15) is 0 Å². The second-order valence-electron chi connectivity index (χ2n) is 5.47. The fourth-order valence-electron chi connectivity index (χ4n) is 2.81. The molecule has 0 spiro atoms. The number of hydrogen-bond acceptors (Lipinski definition) is 4. The van der Waals surface area contributed by atoms with Gasteiger partial charge in [0.25, 0.3) is 0 Å². The lowest BCUT2D eigenvalue weighted by Crippen LogP contribution is -2.49. The summed E-state index contributed by atoms with van der Waals surface area (Å²) in [6.45, 7) is 2.30. The fraction of sp³-hybridized carbons (Fsp3) is 0.562. The molecule has 0 aromatic heterocycles. The maximum atomic E-state index is 12.0. The molecular formula is C16H26ClN3O2. The third kappa shape index (κ3) is 5.57. The number of hydrogen-bond donors (Lipinski definition) is 2. The Hall–Kier alpha value is -1.14. The Balaban J connectivity index is 0.00000242. The SMILES string of the molecule is COC1CCN(CCC(=O)Nc2ccccc2)C(CN)C1.Cl. The van der Waals surface area contributed by atoms with Crippen molar-refractivity contribution in [1.29, 1.82) is 0 Å². The Morgan fingerprint density at radius 1 is 1.41 bits per heavy atom. The number of nitrogens with one attached hydrogen (secondary N) is 1. The quantitative estimate of drug-likeness (QED) is 0.837. The molecule has 1 saturated heterocycles. The standard InChI is InChI=1S/C16H25N3O2.ClH/c1-21-15-7-9-19(14(11-15)12-17)10-8-16(20)18-13-5-3-2-4-6-13;/h2-6,14-15H,7-12,17H2,1H3,(H,18,20);1H. The largest absolute Gasteiger partial charge is 0.381 e. The molecule has 124 valence electrons. The molecule has 0 saturated carbocycles. The van der Waals surface area contributed by atoms with E-state index in [-0.39, 0.29) is 18.3 Å². The third-order valence-corrected chi connectivity index (χ3v) is 4.08. The van der Waals surface area contributed by atoms with Gasteiger partial charge in [0.1, 0.15) is 0 Å². The lowest BCUT2D eigenvalue weighted by Gasteiger charge is -2.38. The predicted molar refractivity (Wildman–Crippen MR) is 91.4 cm³/mol. The van der Waals surface area contributed by atoms with E-state index in [9.17, 15) is 4.79 Å². The first-order valence-corrected chi connectivity index (χ1v) is 7.54. The number of anilines is 1. The van der Waals surface area contributed by atoms with Crippen molar-refractivity contribution < 1.29 is 9.53 Å². The maximum absolute atomic E-state index is 12.0. The molecule has 5 nitrogen and oxygen atoms in total. The molecule has 0 radical (unpaired) electrons. The lowest BCUT2D eigenvalue weighted by molar-refractivity contribution is -0.116. The molecule has 3 N–H and O–H groups in total. The van der Waals surface area contributed by atoms with Gasteiger partial charge in [-0.1, -0.05) is 18.2 Å². The van der Waals surface area contributed by atoms with Crippen LogP contribution in [0.5, 0.6) is 0 Å². The Morgan fingerprint density at radius 3 is 2.77 bits per heavy atom. The minimum Gasteiger partial charge on any atom is -0.381 e. The Kier molecular flexibility index (Phi) is 8.42. The van der Waals surface area contributed by atoms with Crippen molar-refractivity contribution in [2.75, 3.05) is 32.1 Å². The van der Waals surface area contributed by atoms with Crippen LogP contribution in [-0.2, 0) is 9.53 Å². The molecule has 22 heavy (non-hydrogen) atoms. The van der Waals surface area contributed by atoms with Crippen molar-refractivity contribution in [2.24, 2.45) is 5.73 Å². The summed E-state index contributed by atoms with van der Waals surface area (Å²) in [5.41, 5.74) is 6.69. The molecule has 1 aliphatic heterocycles. The first-order valence-electron chi connectivity index (χ1n) is 7.54. The number of nitrogens with two attached hydrogens (primary N) is 1. The number of carbonyl (C=O) groups is 1. The highest BCUT2D eigenvalue weighted by Crippen LogP contribution is 2.19. The summed E-state index contributed by atoms with van der Waals surface area (Å²) in [6, 6.07) is 9.86. The molecule has 2 atom stereocenters. The molecule has 1 aromatic rings. The van der Waals surface area contributed by atoms with Crippen LogP contribution >= 0.6 is 12.4 Å². The number of methoxy groups -OCH3 is 1. The van der Waals surface area contributed by atoms with Gasteiger partial charge in [-0.3, -0.25) is 9.69 Å². The second-order valence-corrected chi connectivity index (χ2v) is 5.47. The molecule has 0 aliphatic carbocycles. The van der Waals surface area contributed by atoms with Crippen LogP contribution in [-0.4, -0.2) is 49.7 Å². The van der Waals surface area contributed by atoms with Crippen LogP contribution in [0.4, 0.5) is 5.69 Å². The smallest absolute Gasteiger partial charge is 0.225 e. The van der Waals surface area contributed by atoms with Gasteiger partial charge in [0.05, 0.1) is 6.10 Å². The highest BCUT2D eigenvalue weighted by Gasteiger charge is 2.27. The van der Waals surface area contributed by atoms with E-state index in [0.717, 1.165) is 31.6 Å². The second kappa shape index (κ2) is 9.79. The van der Waals surface area contributed by atoms with Crippen molar-refractivity contribution in [3.05, 3.63) is 30.3 Å². The van der Waals surface area contributed by atoms with Crippen LogP contribution in [0, 0.1) is 0 Å². The summed E-state index contributed by atoms with van der Waals surface area (Å²) in [5.74, 6) is 0.0471. The zero-order chi connectivity index (χ0) is 15.1. The van der Waals surface area contributed by atoms with Crippen LogP contribution in [0.1, 0.15) is 19.3 Å². The van der Waals surface area contributed by atoms with E-state index < -0.39 is 0 Å². The average molecular weight is 328 g/mol. The third-order valence-electron chi connectivity index (χ3n) is 4.08. The van der Waals surface area contributed by atoms with E-state index in [1.807, 2.05) is 30.3 Å². The van der Waals surface area contributed by atoms with Gasteiger partial charge in [0, 0.05) is 44.9 Å². The summed E-state index contributed by atoms with van der Waals surface area (Å²) in [4.78, 5) is 14.3. The number of ether oxygens (including phenoxy) is 1. The molecule has 1 fully saturated rings. The van der Waals surface area contributed by atoms with E-state index in [1.165, 1.54) is 0 Å². The van der Waals surface area contributed by atoms with Crippen molar-refractivity contribution in [3.8, 4) is 0 Å². The monoisotopic (exact) mass is 327 g/mol. The van der Waals surface area contributed by atoms with Crippen LogP contribution in [0.15, 0.2) is 30.3 Å². The topological polar surface area (TPSA) is 67.6 Å². The van der Waals surface area contributed by atoms with Crippen molar-refractivity contribution in [1.82, 2.24) is 4.90 Å². The lowest BCUT2D eigenvalue weighted by atomic mass is 9.99. The number of piperidine rings is 1. The Morgan fingerprint density at radius 2 is 2.14 bits per heavy atom. The highest BCUT2D eigenvalue weighted by molar-refractivity contribution is 5.90. The molecule has 2 unspecified atom stereocenters. The number of benzene rings is 1. The number of para-hydroxylation sites is 1. The van der Waals surface area contributed by atoms with E-state index in [0.29, 0.717) is 25.1 Å². The van der Waals surface area contributed by atoms with E-state index in [4.69, 9.17) is 10.5 Å². The van der Waals surface area contributed by atoms with Gasteiger partial charge >= 0.3 is 0 Å². The normalized spacial score (nSPS) is 21.9. The van der Waals surface area contributed by atoms with Crippen molar-refractivity contribution >= 4 is 24.0 Å². The molecular weight excluding hydrogens is 302 g/mol. The molecule has 1 aromatic carbocycles. The van der Waals surface area contributed by atoms with Crippen LogP contribution in [0.3, 0.4) is 0 Å². The summed E-state index contributed by atoms with van der Waals surface area (Å²) >= 11 is 0. The summed E-state index contributed by atoms with van der Waals surface area (Å²) in [7, 11) is 1.75. The number of likely N-dealkylation sites (tertiary alicyclic amines) is 1. The van der Waals surface area contributed by atoms with Gasteiger partial charge in [-0.25, -0.2) is 0 Å². The average Bonchev–Trinajstić information content (AvgIpc) is 2.53. The van der Waals surface area contributed by atoms with Crippen LogP contribution < -0.4 is 11.1 Å². The number of amides is 1. The summed E-state index contributed by atoms with van der Waals surface area (Å²) < 4.78 is 5.41. The Bertz CT molecular complexity index is 444. The van der Waals surface area contributed by atoms with Crippen molar-refractivity contribution in [3.63, 3.8) is 0 Å². The molecule has 1 heterocycles. The first-order chi connectivity index (χ1) is 10.2. The molecule has 1 aliphatic rings. The molecule has 0 bridgehead atoms. The zero-order valence-corrected chi connectivity index (χ0v) is 13.8. The van der Waals surface area contributed by atoms with E-state index in [1.54, 1.807) is 7.11 Å². The maximum Gasteiger partial charge on any atom is 0.225 e. The molecule has 1 amide bonds. The van der Waals surface area contributed by atoms with Crippen molar-refractivity contribution in [2.45, 2.75) is 31.4 Å². The predicted octanol–water partition coefficient (Wildman–Crippen LogP) is 1.88. The van der Waals surface area contributed by atoms with E-state index in [2.05, 4.69) is 10.2 Å². The molecule has 6 heteroatoms. The fourth-order valence-corrected chi connectivity index (χ4v) is 2.81. The molecule has 2 rings (SSSR count). The number of halogens is 1. The van der Waals surface area contributed by atoms with Crippen LogP contribution in [0.2, 0.25) is 0 Å². The number of carbonyl (C=O) groups excluding carboxylic acids is 1. The van der Waals surface area contributed by atoms with Gasteiger partial charge in [-0.05, 0) is 25.0 Å². The van der Waals surface area contributed by atoms with Gasteiger partial charge < -0.3 is 15.8 Å².